The first-order chi connectivity index (χ1) is 14.0. The maximum absolute atomic E-state index is 11.4. The van der Waals surface area contributed by atoms with Crippen molar-refractivity contribution in [3.05, 3.63) is 81.5 Å². The molecule has 1 heterocycles. The second-order valence-electron chi connectivity index (χ2n) is 6.33. The van der Waals surface area contributed by atoms with Crippen LogP contribution in [0, 0.1) is 0 Å². The highest BCUT2D eigenvalue weighted by molar-refractivity contribution is 6.32. The molecule has 2 aromatic carbocycles. The molecule has 0 unspecified atom stereocenters. The Hall–Kier alpha value is -2.54. The second-order valence-corrected chi connectivity index (χ2v) is 7.17. The minimum atomic E-state index is -0.570. The van der Waals surface area contributed by atoms with Crippen LogP contribution >= 0.6 is 23.2 Å². The highest BCUT2D eigenvalue weighted by Gasteiger charge is 2.13. The normalized spacial score (nSPS) is 11.9. The predicted octanol–water partition coefficient (Wildman–Crippen LogP) is 5.20. The van der Waals surface area contributed by atoms with Gasteiger partial charge in [0.15, 0.2) is 12.3 Å². The van der Waals surface area contributed by atoms with Gasteiger partial charge in [0.05, 0.1) is 12.1 Å². The molecule has 0 fully saturated rings. The van der Waals surface area contributed by atoms with Crippen LogP contribution in [0.2, 0.25) is 10.0 Å². The van der Waals surface area contributed by atoms with Gasteiger partial charge in [-0.2, -0.15) is 0 Å². The number of methoxy groups -OCH3 is 1. The van der Waals surface area contributed by atoms with Crippen LogP contribution in [0.5, 0.6) is 5.75 Å². The van der Waals surface area contributed by atoms with Crippen molar-refractivity contribution < 1.29 is 18.7 Å². The van der Waals surface area contributed by atoms with Gasteiger partial charge in [-0.1, -0.05) is 41.4 Å². The van der Waals surface area contributed by atoms with E-state index in [9.17, 15) is 4.79 Å². The summed E-state index contributed by atoms with van der Waals surface area (Å²) < 4.78 is 15.5. The smallest absolute Gasteiger partial charge is 0.360 e. The van der Waals surface area contributed by atoms with Gasteiger partial charge in [-0.15, -0.1) is 0 Å². The summed E-state index contributed by atoms with van der Waals surface area (Å²) in [5.41, 5.74) is 2.19. The largest absolute Gasteiger partial charge is 0.482 e. The van der Waals surface area contributed by atoms with E-state index in [4.69, 9.17) is 32.4 Å². The second kappa shape index (κ2) is 9.78. The molecule has 0 aliphatic heterocycles. The molecule has 152 valence electrons. The number of benzene rings is 2. The molecule has 0 saturated carbocycles. The Balaban J connectivity index is 1.60. The van der Waals surface area contributed by atoms with Crippen LogP contribution < -0.4 is 10.1 Å². The zero-order valence-corrected chi connectivity index (χ0v) is 17.5. The van der Waals surface area contributed by atoms with Gasteiger partial charge in [-0.3, -0.25) is 0 Å². The van der Waals surface area contributed by atoms with Crippen molar-refractivity contribution in [2.24, 2.45) is 0 Å². The molecule has 1 aromatic heterocycles. The number of halogens is 2. The first kappa shape index (κ1) is 21.2. The molecule has 6 nitrogen and oxygen atoms in total. The molecule has 0 amide bonds. The van der Waals surface area contributed by atoms with Crippen LogP contribution in [0.15, 0.2) is 53.1 Å². The fourth-order valence-electron chi connectivity index (χ4n) is 2.65. The molecule has 0 radical (unpaired) electrons. The van der Waals surface area contributed by atoms with Crippen molar-refractivity contribution in [1.29, 1.82) is 0 Å². The number of oxazole rings is 1. The molecule has 1 atom stereocenters. The third-order valence-corrected chi connectivity index (χ3v) is 4.80. The van der Waals surface area contributed by atoms with Crippen LogP contribution in [0.4, 0.5) is 0 Å². The zero-order valence-electron chi connectivity index (χ0n) is 15.9. The quantitative estimate of drug-likeness (QED) is 0.491. The monoisotopic (exact) mass is 434 g/mol. The van der Waals surface area contributed by atoms with Crippen molar-refractivity contribution in [3.63, 3.8) is 0 Å². The summed E-state index contributed by atoms with van der Waals surface area (Å²) in [5.74, 6) is 0.179. The first-order valence-corrected chi connectivity index (χ1v) is 9.64. The van der Waals surface area contributed by atoms with E-state index in [1.165, 1.54) is 13.4 Å². The van der Waals surface area contributed by atoms with Crippen LogP contribution in [0.25, 0.3) is 0 Å². The fraction of sp³-hybridized carbons (Fsp3) is 0.238. The van der Waals surface area contributed by atoms with Gasteiger partial charge in [0.2, 0.25) is 5.89 Å². The van der Waals surface area contributed by atoms with E-state index in [1.54, 1.807) is 6.07 Å². The Kier molecular flexibility index (Phi) is 7.14. The van der Waals surface area contributed by atoms with Gasteiger partial charge in [0, 0.05) is 17.6 Å². The lowest BCUT2D eigenvalue weighted by Crippen LogP contribution is -2.18. The highest BCUT2D eigenvalue weighted by atomic mass is 35.5. The topological polar surface area (TPSA) is 73.6 Å². The molecule has 0 aliphatic carbocycles. The van der Waals surface area contributed by atoms with Crippen LogP contribution in [0.1, 0.15) is 40.5 Å². The number of esters is 1. The molecular weight excluding hydrogens is 415 g/mol. The summed E-state index contributed by atoms with van der Waals surface area (Å²) in [7, 11) is 1.28. The van der Waals surface area contributed by atoms with E-state index >= 15 is 0 Å². The van der Waals surface area contributed by atoms with Crippen molar-refractivity contribution in [2.45, 2.75) is 26.1 Å². The number of nitrogens with zero attached hydrogens (tertiary/aromatic N) is 1. The van der Waals surface area contributed by atoms with E-state index in [-0.39, 0.29) is 24.2 Å². The molecule has 8 heteroatoms. The van der Waals surface area contributed by atoms with Gasteiger partial charge in [0.1, 0.15) is 12.0 Å². The highest BCUT2D eigenvalue weighted by Crippen LogP contribution is 2.27. The minimum Gasteiger partial charge on any atom is -0.482 e. The molecule has 3 rings (SSSR count). The summed E-state index contributed by atoms with van der Waals surface area (Å²) in [4.78, 5) is 15.4. The number of carbonyl (C=O) groups excluding carboxylic acids is 1. The average Bonchev–Trinajstić information content (AvgIpc) is 3.20. The molecule has 0 spiro atoms. The first-order valence-electron chi connectivity index (χ1n) is 8.89. The lowest BCUT2D eigenvalue weighted by atomic mass is 10.1. The van der Waals surface area contributed by atoms with Crippen LogP contribution in [-0.4, -0.2) is 18.1 Å². The summed E-state index contributed by atoms with van der Waals surface area (Å²) in [6.07, 6.45) is 1.23. The summed E-state index contributed by atoms with van der Waals surface area (Å²) in [6.45, 7) is 2.72. The van der Waals surface area contributed by atoms with E-state index < -0.39 is 5.97 Å². The molecular formula is C21H20Cl2N2O4. The maximum atomic E-state index is 11.4. The van der Waals surface area contributed by atoms with Crippen molar-refractivity contribution in [1.82, 2.24) is 10.3 Å². The fourth-order valence-corrected chi connectivity index (χ4v) is 3.02. The number of aromatic nitrogens is 1. The summed E-state index contributed by atoms with van der Waals surface area (Å²) in [5, 5.41) is 4.62. The van der Waals surface area contributed by atoms with Gasteiger partial charge in [0.25, 0.3) is 0 Å². The maximum Gasteiger partial charge on any atom is 0.360 e. The zero-order chi connectivity index (χ0) is 20.8. The van der Waals surface area contributed by atoms with Gasteiger partial charge in [-0.25, -0.2) is 9.78 Å². The predicted molar refractivity (Wildman–Crippen MR) is 110 cm³/mol. The number of carbonyl (C=O) groups is 1. The average molecular weight is 435 g/mol. The number of hydrogen-bond acceptors (Lipinski definition) is 6. The van der Waals surface area contributed by atoms with Gasteiger partial charge >= 0.3 is 5.97 Å². The Morgan fingerprint density at radius 2 is 2.07 bits per heavy atom. The Morgan fingerprint density at radius 3 is 2.83 bits per heavy atom. The molecule has 29 heavy (non-hydrogen) atoms. The molecule has 0 saturated heterocycles. The SMILES string of the molecule is COC(=O)c1coc(COc2cc(CN[C@H](C)c3cccc(Cl)c3)ccc2Cl)n1. The van der Waals surface area contributed by atoms with Gasteiger partial charge in [-0.05, 0) is 42.3 Å². The van der Waals surface area contributed by atoms with Crippen LogP contribution in [-0.2, 0) is 17.9 Å². The molecule has 3 aromatic rings. The van der Waals surface area contributed by atoms with Crippen molar-refractivity contribution in [3.8, 4) is 5.75 Å². The van der Waals surface area contributed by atoms with Crippen molar-refractivity contribution in [2.75, 3.05) is 7.11 Å². The van der Waals surface area contributed by atoms with Crippen LogP contribution in [0.3, 0.4) is 0 Å². The number of rotatable bonds is 8. The summed E-state index contributed by atoms with van der Waals surface area (Å²) >= 11 is 12.3. The third kappa shape index (κ3) is 5.73. The van der Waals surface area contributed by atoms with Crippen molar-refractivity contribution >= 4 is 29.2 Å². The lowest BCUT2D eigenvalue weighted by Gasteiger charge is -2.15. The Labute approximate surface area is 178 Å². The van der Waals surface area contributed by atoms with Gasteiger partial charge < -0.3 is 19.2 Å². The molecule has 0 aliphatic rings. The Bertz CT molecular complexity index is 990. The standard InChI is InChI=1S/C21H20Cl2N2O4/c1-13(15-4-3-5-16(22)9-15)24-10-14-6-7-17(23)19(8-14)28-12-20-25-18(11-29-20)21(26)27-2/h3-9,11,13,24H,10,12H2,1-2H3/t13-/m1/s1. The van der Waals surface area contributed by atoms with E-state index in [0.29, 0.717) is 22.3 Å². The third-order valence-electron chi connectivity index (χ3n) is 4.25. The van der Waals surface area contributed by atoms with E-state index in [0.717, 1.165) is 11.1 Å². The van der Waals surface area contributed by atoms with E-state index in [1.807, 2.05) is 36.4 Å². The lowest BCUT2D eigenvalue weighted by molar-refractivity contribution is 0.0594. The number of ether oxygens (including phenoxy) is 2. The molecule has 1 N–H and O–H groups in total. The van der Waals surface area contributed by atoms with E-state index in [2.05, 4.69) is 22.0 Å². The Morgan fingerprint density at radius 1 is 1.24 bits per heavy atom. The number of nitrogens with one attached hydrogen (secondary N) is 1. The minimum absolute atomic E-state index is 0.0342. The number of hydrogen-bond donors (Lipinski definition) is 1. The molecule has 0 bridgehead atoms. The summed E-state index contributed by atoms with van der Waals surface area (Å²) in [6, 6.07) is 13.4.